The van der Waals surface area contributed by atoms with Crippen LogP contribution in [0.5, 0.6) is 0 Å². The predicted octanol–water partition coefficient (Wildman–Crippen LogP) is -0.415. The zero-order valence-electron chi connectivity index (χ0n) is 9.03. The molecule has 1 aromatic rings. The van der Waals surface area contributed by atoms with E-state index in [4.69, 9.17) is 0 Å². The van der Waals surface area contributed by atoms with Gasteiger partial charge >= 0.3 is 0 Å². The summed E-state index contributed by atoms with van der Waals surface area (Å²) in [4.78, 5) is 1.91. The van der Waals surface area contributed by atoms with E-state index in [-0.39, 0.29) is 12.6 Å². The van der Waals surface area contributed by atoms with Crippen LogP contribution in [0.4, 0.5) is 0 Å². The second-order valence-corrected chi connectivity index (χ2v) is 4.22. The molecule has 0 radical (unpaired) electrons. The molecule has 16 heavy (non-hydrogen) atoms. The van der Waals surface area contributed by atoms with E-state index >= 15 is 0 Å². The van der Waals surface area contributed by atoms with Crippen LogP contribution in [0.25, 0.3) is 0 Å². The van der Waals surface area contributed by atoms with Crippen molar-refractivity contribution in [1.29, 1.82) is 0 Å². The van der Waals surface area contributed by atoms with Gasteiger partial charge < -0.3 is 15.3 Å². The van der Waals surface area contributed by atoms with Crippen LogP contribution in [0.15, 0.2) is 30.3 Å². The van der Waals surface area contributed by atoms with Crippen LogP contribution in [-0.2, 0) is 6.54 Å². The predicted molar refractivity (Wildman–Crippen MR) is 59.7 cm³/mol. The Balaban J connectivity index is 2.05. The second-order valence-electron chi connectivity index (χ2n) is 4.22. The SMILES string of the molecule is OCC1[C@@H](O)C(O)CN1Cc1ccccc1. The van der Waals surface area contributed by atoms with Gasteiger partial charge in [-0.3, -0.25) is 4.90 Å². The largest absolute Gasteiger partial charge is 0.395 e. The molecule has 1 saturated heterocycles. The Kier molecular flexibility index (Phi) is 3.56. The summed E-state index contributed by atoms with van der Waals surface area (Å²) in [5, 5.41) is 28.4. The van der Waals surface area contributed by atoms with Crippen molar-refractivity contribution in [2.24, 2.45) is 0 Å². The summed E-state index contributed by atoms with van der Waals surface area (Å²) < 4.78 is 0. The summed E-state index contributed by atoms with van der Waals surface area (Å²) in [5.74, 6) is 0. The lowest BCUT2D eigenvalue weighted by molar-refractivity contribution is 0.0210. The van der Waals surface area contributed by atoms with Crippen molar-refractivity contribution in [2.75, 3.05) is 13.2 Å². The topological polar surface area (TPSA) is 63.9 Å². The summed E-state index contributed by atoms with van der Waals surface area (Å²) in [6.07, 6.45) is -1.62. The molecule has 3 N–H and O–H groups in total. The van der Waals surface area contributed by atoms with Crippen molar-refractivity contribution in [2.45, 2.75) is 24.8 Å². The third-order valence-electron chi connectivity index (χ3n) is 3.09. The molecule has 1 heterocycles. The molecule has 1 fully saturated rings. The average Bonchev–Trinajstić information content (AvgIpc) is 2.56. The molecular weight excluding hydrogens is 206 g/mol. The maximum absolute atomic E-state index is 9.65. The van der Waals surface area contributed by atoms with E-state index < -0.39 is 12.2 Å². The Morgan fingerprint density at radius 3 is 2.50 bits per heavy atom. The monoisotopic (exact) mass is 223 g/mol. The Labute approximate surface area is 94.8 Å². The minimum atomic E-state index is -0.853. The molecule has 0 spiro atoms. The number of aliphatic hydroxyl groups excluding tert-OH is 3. The van der Waals surface area contributed by atoms with Crippen LogP contribution >= 0.6 is 0 Å². The minimum Gasteiger partial charge on any atom is -0.395 e. The number of likely N-dealkylation sites (tertiary alicyclic amines) is 1. The second kappa shape index (κ2) is 4.93. The number of rotatable bonds is 3. The number of aliphatic hydroxyl groups is 3. The first-order valence-corrected chi connectivity index (χ1v) is 5.47. The molecule has 4 heteroatoms. The molecule has 2 rings (SSSR count). The van der Waals surface area contributed by atoms with Crippen LogP contribution in [0.2, 0.25) is 0 Å². The normalized spacial score (nSPS) is 30.8. The number of nitrogens with zero attached hydrogens (tertiary/aromatic N) is 1. The van der Waals surface area contributed by atoms with E-state index in [2.05, 4.69) is 0 Å². The van der Waals surface area contributed by atoms with Gasteiger partial charge in [0.1, 0.15) is 0 Å². The van der Waals surface area contributed by atoms with Gasteiger partial charge in [-0.15, -0.1) is 0 Å². The highest BCUT2D eigenvalue weighted by Gasteiger charge is 2.38. The van der Waals surface area contributed by atoms with E-state index in [1.165, 1.54) is 0 Å². The fourth-order valence-electron chi connectivity index (χ4n) is 2.18. The molecule has 0 aliphatic carbocycles. The van der Waals surface area contributed by atoms with Crippen molar-refractivity contribution in [3.05, 3.63) is 35.9 Å². The van der Waals surface area contributed by atoms with E-state index in [0.717, 1.165) is 5.56 Å². The van der Waals surface area contributed by atoms with Crippen molar-refractivity contribution < 1.29 is 15.3 Å². The molecule has 1 aliphatic rings. The molecule has 0 saturated carbocycles. The quantitative estimate of drug-likeness (QED) is 0.651. The van der Waals surface area contributed by atoms with Gasteiger partial charge in [-0.25, -0.2) is 0 Å². The zero-order valence-corrected chi connectivity index (χ0v) is 9.03. The lowest BCUT2D eigenvalue weighted by Gasteiger charge is -2.23. The van der Waals surface area contributed by atoms with Gasteiger partial charge in [0.25, 0.3) is 0 Å². The van der Waals surface area contributed by atoms with Gasteiger partial charge in [0, 0.05) is 13.1 Å². The standard InChI is InChI=1S/C12H17NO3/c14-8-10-12(16)11(15)7-13(10)6-9-4-2-1-3-5-9/h1-5,10-12,14-16H,6-8H2/t10?,11?,12-/m1/s1. The highest BCUT2D eigenvalue weighted by molar-refractivity contribution is 5.15. The average molecular weight is 223 g/mol. The van der Waals surface area contributed by atoms with E-state index in [0.29, 0.717) is 13.1 Å². The third kappa shape index (κ3) is 2.25. The van der Waals surface area contributed by atoms with Crippen LogP contribution in [0.3, 0.4) is 0 Å². The highest BCUT2D eigenvalue weighted by atomic mass is 16.3. The van der Waals surface area contributed by atoms with Crippen LogP contribution in [0.1, 0.15) is 5.56 Å². The lowest BCUT2D eigenvalue weighted by Crippen LogP contribution is -2.38. The number of hydrogen-bond acceptors (Lipinski definition) is 4. The van der Waals surface area contributed by atoms with Crippen molar-refractivity contribution in [3.8, 4) is 0 Å². The first kappa shape index (κ1) is 11.5. The van der Waals surface area contributed by atoms with Gasteiger partial charge in [0.05, 0.1) is 24.9 Å². The summed E-state index contributed by atoms with van der Waals surface area (Å²) in [6, 6.07) is 9.46. The number of β-amino-alcohol motifs (C(OH)–C–C–N with tert-alkyl or cyclic N) is 1. The van der Waals surface area contributed by atoms with Gasteiger partial charge in [-0.2, -0.15) is 0 Å². The first-order valence-electron chi connectivity index (χ1n) is 5.47. The number of hydrogen-bond donors (Lipinski definition) is 3. The third-order valence-corrected chi connectivity index (χ3v) is 3.09. The molecular formula is C12H17NO3. The fourth-order valence-corrected chi connectivity index (χ4v) is 2.18. The van der Waals surface area contributed by atoms with E-state index in [9.17, 15) is 15.3 Å². The van der Waals surface area contributed by atoms with Crippen molar-refractivity contribution >= 4 is 0 Å². The summed E-state index contributed by atoms with van der Waals surface area (Å²) in [5.41, 5.74) is 1.11. The van der Waals surface area contributed by atoms with Crippen molar-refractivity contribution in [1.82, 2.24) is 4.90 Å². The maximum atomic E-state index is 9.65. The van der Waals surface area contributed by atoms with Crippen LogP contribution in [-0.4, -0.2) is 51.6 Å². The lowest BCUT2D eigenvalue weighted by atomic mass is 10.1. The zero-order chi connectivity index (χ0) is 11.5. The Hall–Kier alpha value is -0.940. The Morgan fingerprint density at radius 2 is 1.88 bits per heavy atom. The van der Waals surface area contributed by atoms with Gasteiger partial charge in [0.2, 0.25) is 0 Å². The van der Waals surface area contributed by atoms with E-state index in [1.54, 1.807) is 0 Å². The molecule has 1 aliphatic heterocycles. The van der Waals surface area contributed by atoms with Crippen molar-refractivity contribution in [3.63, 3.8) is 0 Å². The van der Waals surface area contributed by atoms with Gasteiger partial charge in [-0.1, -0.05) is 30.3 Å². The molecule has 0 aromatic heterocycles. The molecule has 0 amide bonds. The maximum Gasteiger partial charge on any atom is 0.0988 e. The fraction of sp³-hybridized carbons (Fsp3) is 0.500. The van der Waals surface area contributed by atoms with Crippen LogP contribution < -0.4 is 0 Å². The minimum absolute atomic E-state index is 0.134. The van der Waals surface area contributed by atoms with Gasteiger partial charge in [-0.05, 0) is 5.56 Å². The Bertz CT molecular complexity index is 330. The van der Waals surface area contributed by atoms with Crippen LogP contribution in [0, 0.1) is 0 Å². The molecule has 1 aromatic carbocycles. The Morgan fingerprint density at radius 1 is 1.19 bits per heavy atom. The molecule has 0 bridgehead atoms. The molecule has 4 nitrogen and oxygen atoms in total. The van der Waals surface area contributed by atoms with E-state index in [1.807, 2.05) is 35.2 Å². The summed E-state index contributed by atoms with van der Waals surface area (Å²) >= 11 is 0. The van der Waals surface area contributed by atoms with Gasteiger partial charge in [0.15, 0.2) is 0 Å². The molecule has 88 valence electrons. The molecule has 3 atom stereocenters. The highest BCUT2D eigenvalue weighted by Crippen LogP contribution is 2.20. The number of benzene rings is 1. The summed E-state index contributed by atoms with van der Waals surface area (Å²) in [6.45, 7) is 0.909. The molecule has 2 unspecified atom stereocenters. The first-order chi connectivity index (χ1) is 7.72. The summed E-state index contributed by atoms with van der Waals surface area (Å²) in [7, 11) is 0. The smallest absolute Gasteiger partial charge is 0.0988 e.